The van der Waals surface area contributed by atoms with Crippen LogP contribution in [0.15, 0.2) is 47.2 Å². The molecule has 1 aromatic carbocycles. The van der Waals surface area contributed by atoms with E-state index in [1.54, 1.807) is 6.92 Å². The van der Waals surface area contributed by atoms with Crippen molar-refractivity contribution in [3.8, 4) is 11.1 Å². The number of aromatic carboxylic acids is 1. The lowest BCUT2D eigenvalue weighted by molar-refractivity contribution is -0.137. The number of hydrogen-bond donors (Lipinski definition) is 1. The third kappa shape index (κ3) is 3.77. The van der Waals surface area contributed by atoms with Gasteiger partial charge in [0.15, 0.2) is 0 Å². The van der Waals surface area contributed by atoms with Crippen LogP contribution in [0.3, 0.4) is 0 Å². The first-order valence-corrected chi connectivity index (χ1v) is 8.32. The summed E-state index contributed by atoms with van der Waals surface area (Å²) in [6, 6.07) is 5.94. The molecule has 0 aliphatic carbocycles. The number of aromatic nitrogens is 1. The van der Waals surface area contributed by atoms with Gasteiger partial charge in [-0.2, -0.15) is 13.2 Å². The number of nitrogens with zero attached hydrogens (tertiary/aromatic N) is 2. The van der Waals surface area contributed by atoms with Crippen LogP contribution in [-0.2, 0) is 6.18 Å². The van der Waals surface area contributed by atoms with Crippen LogP contribution in [0.5, 0.6) is 0 Å². The molecule has 0 amide bonds. The number of carbonyl (C=O) groups is 1. The van der Waals surface area contributed by atoms with Gasteiger partial charge < -0.3 is 5.11 Å². The first-order valence-electron chi connectivity index (χ1n) is 8.32. The molecule has 0 saturated heterocycles. The minimum atomic E-state index is -4.45. The lowest BCUT2D eigenvalue weighted by Gasteiger charge is -2.18. The predicted octanol–water partition coefficient (Wildman–Crippen LogP) is 5.45. The number of halogens is 3. The Morgan fingerprint density at radius 3 is 2.30 bits per heavy atom. The molecule has 1 N–H and O–H groups in total. The molecule has 1 aliphatic rings. The fourth-order valence-electron chi connectivity index (χ4n) is 3.17. The van der Waals surface area contributed by atoms with Crippen molar-refractivity contribution in [2.75, 3.05) is 0 Å². The Morgan fingerprint density at radius 1 is 1.07 bits per heavy atom. The average Bonchev–Trinajstić information content (AvgIpc) is 2.60. The van der Waals surface area contributed by atoms with E-state index < -0.39 is 17.7 Å². The topological polar surface area (TPSA) is 62.5 Å². The summed E-state index contributed by atoms with van der Waals surface area (Å²) in [6.07, 6.45) is -1.65. The van der Waals surface area contributed by atoms with Crippen LogP contribution in [0, 0.1) is 0 Å². The maximum absolute atomic E-state index is 12.8. The Bertz CT molecular complexity index is 958. The molecular weight excluding hydrogens is 357 g/mol. The molecular formula is C20H17F3N2O2. The van der Waals surface area contributed by atoms with Gasteiger partial charge in [0.2, 0.25) is 0 Å². The van der Waals surface area contributed by atoms with Crippen LogP contribution < -0.4 is 0 Å². The zero-order chi connectivity index (χ0) is 19.8. The lowest BCUT2D eigenvalue weighted by atomic mass is 9.91. The number of carboxylic acids is 1. The van der Waals surface area contributed by atoms with E-state index in [2.05, 4.69) is 9.98 Å². The zero-order valence-corrected chi connectivity index (χ0v) is 14.8. The Balaban J connectivity index is 2.16. The number of pyridine rings is 1. The van der Waals surface area contributed by atoms with E-state index in [0.717, 1.165) is 23.4 Å². The minimum Gasteiger partial charge on any atom is -0.478 e. The van der Waals surface area contributed by atoms with Gasteiger partial charge in [-0.15, -0.1) is 0 Å². The second-order valence-corrected chi connectivity index (χ2v) is 6.37. The summed E-state index contributed by atoms with van der Waals surface area (Å²) in [4.78, 5) is 20.7. The van der Waals surface area contributed by atoms with Gasteiger partial charge in [0.1, 0.15) is 0 Å². The molecule has 140 valence electrons. The lowest BCUT2D eigenvalue weighted by Crippen LogP contribution is -2.10. The van der Waals surface area contributed by atoms with E-state index in [1.165, 1.54) is 24.4 Å². The third-order valence-electron chi connectivity index (χ3n) is 4.51. The molecule has 2 heterocycles. The molecule has 0 bridgehead atoms. The molecule has 0 atom stereocenters. The van der Waals surface area contributed by atoms with Crippen molar-refractivity contribution in [2.24, 2.45) is 4.99 Å². The molecule has 0 fully saturated rings. The molecule has 0 radical (unpaired) electrons. The highest BCUT2D eigenvalue weighted by Gasteiger charge is 2.30. The summed E-state index contributed by atoms with van der Waals surface area (Å²) < 4.78 is 38.4. The van der Waals surface area contributed by atoms with Gasteiger partial charge in [-0.05, 0) is 56.0 Å². The maximum atomic E-state index is 12.8. The van der Waals surface area contributed by atoms with Gasteiger partial charge in [-0.25, -0.2) is 4.79 Å². The minimum absolute atomic E-state index is 0.0265. The van der Waals surface area contributed by atoms with Crippen molar-refractivity contribution >= 4 is 17.3 Å². The molecule has 3 rings (SSSR count). The molecule has 1 aliphatic heterocycles. The van der Waals surface area contributed by atoms with Gasteiger partial charge in [0.25, 0.3) is 0 Å². The van der Waals surface area contributed by atoms with Gasteiger partial charge >= 0.3 is 12.1 Å². The molecule has 4 nitrogen and oxygen atoms in total. The van der Waals surface area contributed by atoms with Crippen LogP contribution in [-0.4, -0.2) is 21.8 Å². The third-order valence-corrected chi connectivity index (χ3v) is 4.51. The molecule has 1 aromatic heterocycles. The number of benzene rings is 1. The monoisotopic (exact) mass is 374 g/mol. The van der Waals surface area contributed by atoms with Crippen molar-refractivity contribution in [1.29, 1.82) is 0 Å². The molecule has 0 spiro atoms. The van der Waals surface area contributed by atoms with Gasteiger partial charge in [0.05, 0.1) is 16.8 Å². The van der Waals surface area contributed by atoms with E-state index >= 15 is 0 Å². The Hall–Kier alpha value is -2.96. The smallest absolute Gasteiger partial charge is 0.416 e. The largest absolute Gasteiger partial charge is 0.478 e. The van der Waals surface area contributed by atoms with E-state index in [4.69, 9.17) is 0 Å². The summed E-state index contributed by atoms with van der Waals surface area (Å²) in [5, 5.41) is 9.78. The predicted molar refractivity (Wildman–Crippen MR) is 96.6 cm³/mol. The summed E-state index contributed by atoms with van der Waals surface area (Å²) in [7, 11) is 0. The molecule has 2 aromatic rings. The van der Waals surface area contributed by atoms with Crippen molar-refractivity contribution in [3.05, 3.63) is 59.0 Å². The second-order valence-electron chi connectivity index (χ2n) is 6.37. The van der Waals surface area contributed by atoms with E-state index in [1.807, 2.05) is 6.92 Å². The number of allylic oxidation sites excluding steroid dienone is 2. The van der Waals surface area contributed by atoms with Crippen molar-refractivity contribution in [3.63, 3.8) is 0 Å². The Kier molecular flexibility index (Phi) is 4.87. The molecule has 7 heteroatoms. The summed E-state index contributed by atoms with van der Waals surface area (Å²) >= 11 is 0. The highest BCUT2D eigenvalue weighted by molar-refractivity contribution is 6.01. The normalized spacial score (nSPS) is 14.9. The highest BCUT2D eigenvalue weighted by atomic mass is 19.4. The van der Waals surface area contributed by atoms with Gasteiger partial charge in [-0.1, -0.05) is 12.1 Å². The van der Waals surface area contributed by atoms with Crippen LogP contribution >= 0.6 is 0 Å². The second kappa shape index (κ2) is 6.98. The first kappa shape index (κ1) is 18.8. The number of aliphatic imine (C=N–C) groups is 1. The Labute approximate surface area is 154 Å². The zero-order valence-electron chi connectivity index (χ0n) is 14.8. The number of rotatable bonds is 3. The Morgan fingerprint density at radius 2 is 1.74 bits per heavy atom. The first-order chi connectivity index (χ1) is 12.7. The van der Waals surface area contributed by atoms with E-state index in [0.29, 0.717) is 35.4 Å². The van der Waals surface area contributed by atoms with Crippen molar-refractivity contribution < 1.29 is 23.1 Å². The summed E-state index contributed by atoms with van der Waals surface area (Å²) in [5.41, 5.74) is 2.63. The molecule has 0 saturated carbocycles. The van der Waals surface area contributed by atoms with Crippen LogP contribution in [0.2, 0.25) is 0 Å². The fourth-order valence-corrected chi connectivity index (χ4v) is 3.17. The standard InChI is InChI=1S/C20H17F3N2O2/c1-11-3-8-15(12(2)25-11)18-17(19(26)27)16(9-10-24-18)13-4-6-14(7-5-13)20(21,22)23/h4-7,9-10H,3,8H2,1-2H3,(H,26,27). The fraction of sp³-hybridized carbons (Fsp3) is 0.250. The van der Waals surface area contributed by atoms with Crippen molar-refractivity contribution in [1.82, 2.24) is 4.98 Å². The van der Waals surface area contributed by atoms with Crippen LogP contribution in [0.1, 0.15) is 48.3 Å². The van der Waals surface area contributed by atoms with Gasteiger partial charge in [0, 0.05) is 23.2 Å². The number of carboxylic acid groups (broad SMARTS) is 1. The van der Waals surface area contributed by atoms with Crippen LogP contribution in [0.25, 0.3) is 16.7 Å². The highest BCUT2D eigenvalue weighted by Crippen LogP contribution is 2.35. The number of hydrogen-bond acceptors (Lipinski definition) is 3. The summed E-state index contributed by atoms with van der Waals surface area (Å²) in [5.74, 6) is -1.18. The summed E-state index contributed by atoms with van der Waals surface area (Å²) in [6.45, 7) is 3.71. The number of alkyl halides is 3. The quantitative estimate of drug-likeness (QED) is 0.777. The average molecular weight is 374 g/mol. The molecule has 27 heavy (non-hydrogen) atoms. The SMILES string of the molecule is CC1=NC(C)=C(c2nccc(-c3ccc(C(F)(F)F)cc3)c2C(=O)O)CC1. The molecule has 0 unspecified atom stereocenters. The van der Waals surface area contributed by atoms with Gasteiger partial charge in [-0.3, -0.25) is 9.98 Å². The van der Waals surface area contributed by atoms with Crippen molar-refractivity contribution in [2.45, 2.75) is 32.9 Å². The van der Waals surface area contributed by atoms with E-state index in [-0.39, 0.29) is 5.56 Å². The maximum Gasteiger partial charge on any atom is 0.416 e. The van der Waals surface area contributed by atoms with E-state index in [9.17, 15) is 23.1 Å². The van der Waals surface area contributed by atoms with Crippen LogP contribution in [0.4, 0.5) is 13.2 Å².